The molecule has 0 aliphatic carbocycles. The van der Waals surface area contributed by atoms with Crippen LogP contribution < -0.4 is 5.32 Å². The van der Waals surface area contributed by atoms with Gasteiger partial charge in [-0.25, -0.2) is 4.39 Å². The molecular weight excluding hydrogens is 217 g/mol. The van der Waals surface area contributed by atoms with Crippen molar-refractivity contribution in [1.82, 2.24) is 0 Å². The van der Waals surface area contributed by atoms with E-state index in [-0.39, 0.29) is 11.1 Å². The zero-order chi connectivity index (χ0) is 11.3. The minimum atomic E-state index is -0.412. The number of hydrogen-bond donors (Lipinski definition) is 1. The van der Waals surface area contributed by atoms with Crippen LogP contribution >= 0.6 is 11.6 Å². The summed E-state index contributed by atoms with van der Waals surface area (Å²) in [5.41, 5.74) is 0.712. The van der Waals surface area contributed by atoms with Gasteiger partial charge in [0.05, 0.1) is 11.6 Å². The average molecular weight is 232 g/mol. The fourth-order valence-corrected chi connectivity index (χ4v) is 1.32. The van der Waals surface area contributed by atoms with Crippen molar-refractivity contribution in [1.29, 1.82) is 0 Å². The maximum atomic E-state index is 13.1. The van der Waals surface area contributed by atoms with Crippen LogP contribution in [0.15, 0.2) is 18.2 Å². The Morgan fingerprint density at radius 2 is 2.27 bits per heavy atom. The van der Waals surface area contributed by atoms with Crippen molar-refractivity contribution in [3.8, 4) is 0 Å². The molecule has 0 bridgehead atoms. The molecule has 0 saturated carbocycles. The molecule has 1 aromatic rings. The van der Waals surface area contributed by atoms with Crippen LogP contribution in [-0.4, -0.2) is 19.3 Å². The first-order valence-electron chi connectivity index (χ1n) is 4.92. The molecule has 4 heteroatoms. The third kappa shape index (κ3) is 4.06. The Morgan fingerprint density at radius 3 is 2.87 bits per heavy atom. The van der Waals surface area contributed by atoms with E-state index in [1.165, 1.54) is 12.1 Å². The molecule has 0 amide bonds. The first-order chi connectivity index (χ1) is 7.13. The fraction of sp³-hybridized carbons (Fsp3) is 0.455. The topological polar surface area (TPSA) is 21.3 Å². The van der Waals surface area contributed by atoms with Crippen molar-refractivity contribution < 1.29 is 9.13 Å². The summed E-state index contributed by atoms with van der Waals surface area (Å²) in [5.74, 6) is -0.412. The zero-order valence-corrected chi connectivity index (χ0v) is 9.64. The molecule has 84 valence electrons. The molecule has 1 rings (SSSR count). The van der Waals surface area contributed by atoms with Crippen molar-refractivity contribution >= 4 is 17.3 Å². The van der Waals surface area contributed by atoms with Crippen molar-refractivity contribution in [3.05, 3.63) is 29.0 Å². The van der Waals surface area contributed by atoms with E-state index in [9.17, 15) is 4.39 Å². The van der Waals surface area contributed by atoms with Gasteiger partial charge in [-0.1, -0.05) is 11.6 Å². The standard InChI is InChI=1S/C11H15ClFNO/c1-3-15-7-8(2)14-9-4-5-10(12)11(13)6-9/h4-6,8,14H,3,7H2,1-2H3. The second kappa shape index (κ2) is 5.93. The highest BCUT2D eigenvalue weighted by Gasteiger charge is 2.04. The molecule has 1 atom stereocenters. The van der Waals surface area contributed by atoms with Crippen molar-refractivity contribution in [2.45, 2.75) is 19.9 Å². The molecule has 0 radical (unpaired) electrons. The summed E-state index contributed by atoms with van der Waals surface area (Å²) < 4.78 is 18.3. The van der Waals surface area contributed by atoms with Gasteiger partial charge in [0, 0.05) is 18.3 Å². The molecule has 0 aliphatic heterocycles. The third-order valence-corrected chi connectivity index (χ3v) is 2.21. The Bertz CT molecular complexity index is 319. The molecular formula is C11H15ClFNO. The number of nitrogens with one attached hydrogen (secondary N) is 1. The summed E-state index contributed by atoms with van der Waals surface area (Å²) in [7, 11) is 0. The number of ether oxygens (including phenoxy) is 1. The second-order valence-corrected chi connectivity index (χ2v) is 3.74. The minimum absolute atomic E-state index is 0.137. The number of rotatable bonds is 5. The summed E-state index contributed by atoms with van der Waals surface area (Å²) in [4.78, 5) is 0. The van der Waals surface area contributed by atoms with Crippen LogP contribution in [0.3, 0.4) is 0 Å². The Balaban J connectivity index is 2.53. The lowest BCUT2D eigenvalue weighted by Crippen LogP contribution is -2.21. The highest BCUT2D eigenvalue weighted by atomic mass is 35.5. The van der Waals surface area contributed by atoms with E-state index in [0.717, 1.165) is 0 Å². The quantitative estimate of drug-likeness (QED) is 0.840. The predicted octanol–water partition coefficient (Wildman–Crippen LogP) is 3.32. The predicted molar refractivity (Wildman–Crippen MR) is 61.0 cm³/mol. The highest BCUT2D eigenvalue weighted by Crippen LogP contribution is 2.19. The van der Waals surface area contributed by atoms with E-state index in [2.05, 4.69) is 5.32 Å². The summed E-state index contributed by atoms with van der Waals surface area (Å²) in [6.45, 7) is 5.19. The fourth-order valence-electron chi connectivity index (χ4n) is 1.21. The largest absolute Gasteiger partial charge is 0.380 e. The zero-order valence-electron chi connectivity index (χ0n) is 8.89. The van der Waals surface area contributed by atoms with E-state index < -0.39 is 5.82 Å². The smallest absolute Gasteiger partial charge is 0.143 e. The van der Waals surface area contributed by atoms with Crippen LogP contribution in [-0.2, 0) is 4.74 Å². The normalized spacial score (nSPS) is 12.5. The van der Waals surface area contributed by atoms with Gasteiger partial charge in [-0.3, -0.25) is 0 Å². The van der Waals surface area contributed by atoms with Gasteiger partial charge in [-0.15, -0.1) is 0 Å². The summed E-state index contributed by atoms with van der Waals surface area (Å²) in [6.07, 6.45) is 0. The van der Waals surface area contributed by atoms with E-state index >= 15 is 0 Å². The molecule has 0 aliphatic rings. The minimum Gasteiger partial charge on any atom is -0.380 e. The molecule has 1 N–H and O–H groups in total. The molecule has 0 spiro atoms. The van der Waals surface area contributed by atoms with E-state index in [0.29, 0.717) is 18.9 Å². The van der Waals surface area contributed by atoms with Gasteiger partial charge >= 0.3 is 0 Å². The molecule has 15 heavy (non-hydrogen) atoms. The van der Waals surface area contributed by atoms with Gasteiger partial charge in [0.1, 0.15) is 5.82 Å². The van der Waals surface area contributed by atoms with Gasteiger partial charge in [-0.05, 0) is 32.0 Å². The molecule has 0 aromatic heterocycles. The number of halogens is 2. The van der Waals surface area contributed by atoms with E-state index in [1.54, 1.807) is 6.07 Å². The van der Waals surface area contributed by atoms with E-state index in [1.807, 2.05) is 13.8 Å². The van der Waals surface area contributed by atoms with Crippen LogP contribution in [0.4, 0.5) is 10.1 Å². The SMILES string of the molecule is CCOCC(C)Nc1ccc(Cl)c(F)c1. The first-order valence-corrected chi connectivity index (χ1v) is 5.30. The lowest BCUT2D eigenvalue weighted by molar-refractivity contribution is 0.141. The molecule has 1 unspecified atom stereocenters. The van der Waals surface area contributed by atoms with Crippen molar-refractivity contribution in [2.75, 3.05) is 18.5 Å². The van der Waals surface area contributed by atoms with Crippen molar-refractivity contribution in [3.63, 3.8) is 0 Å². The Labute approximate surface area is 94.4 Å². The highest BCUT2D eigenvalue weighted by molar-refractivity contribution is 6.30. The second-order valence-electron chi connectivity index (χ2n) is 3.33. The summed E-state index contributed by atoms with van der Waals surface area (Å²) in [5, 5.41) is 3.26. The van der Waals surface area contributed by atoms with Crippen LogP contribution in [0.5, 0.6) is 0 Å². The molecule has 2 nitrogen and oxygen atoms in total. The van der Waals surface area contributed by atoms with Crippen LogP contribution in [0.1, 0.15) is 13.8 Å². The number of hydrogen-bond acceptors (Lipinski definition) is 2. The number of anilines is 1. The van der Waals surface area contributed by atoms with Gasteiger partial charge in [-0.2, -0.15) is 0 Å². The van der Waals surface area contributed by atoms with Crippen LogP contribution in [0.2, 0.25) is 5.02 Å². The van der Waals surface area contributed by atoms with Gasteiger partial charge < -0.3 is 10.1 Å². The Hall–Kier alpha value is -0.800. The lowest BCUT2D eigenvalue weighted by atomic mass is 10.2. The van der Waals surface area contributed by atoms with Gasteiger partial charge in [0.2, 0.25) is 0 Å². The monoisotopic (exact) mass is 231 g/mol. The summed E-state index contributed by atoms with van der Waals surface area (Å²) in [6, 6.07) is 4.80. The molecule has 0 heterocycles. The first kappa shape index (κ1) is 12.3. The van der Waals surface area contributed by atoms with Crippen LogP contribution in [0.25, 0.3) is 0 Å². The van der Waals surface area contributed by atoms with Crippen molar-refractivity contribution in [2.24, 2.45) is 0 Å². The molecule has 1 aromatic carbocycles. The average Bonchev–Trinajstić information content (AvgIpc) is 2.20. The maximum Gasteiger partial charge on any atom is 0.143 e. The third-order valence-electron chi connectivity index (χ3n) is 1.90. The Kier molecular flexibility index (Phi) is 4.85. The van der Waals surface area contributed by atoms with Crippen LogP contribution in [0, 0.1) is 5.82 Å². The van der Waals surface area contributed by atoms with Gasteiger partial charge in [0.25, 0.3) is 0 Å². The molecule has 0 fully saturated rings. The van der Waals surface area contributed by atoms with Gasteiger partial charge in [0.15, 0.2) is 0 Å². The lowest BCUT2D eigenvalue weighted by Gasteiger charge is -2.15. The summed E-state index contributed by atoms with van der Waals surface area (Å²) >= 11 is 5.57. The van der Waals surface area contributed by atoms with E-state index in [4.69, 9.17) is 16.3 Å². The Morgan fingerprint density at radius 1 is 1.53 bits per heavy atom. The molecule has 0 saturated heterocycles. The maximum absolute atomic E-state index is 13.1. The number of benzene rings is 1.